The van der Waals surface area contributed by atoms with Crippen LogP contribution in [-0.4, -0.2) is 6.10 Å². The molecule has 2 atom stereocenters. The smallest absolute Gasteiger partial charge is 0.126 e. The zero-order chi connectivity index (χ0) is 10.7. The van der Waals surface area contributed by atoms with Gasteiger partial charge >= 0.3 is 0 Å². The van der Waals surface area contributed by atoms with Crippen LogP contribution in [0.5, 0.6) is 5.75 Å². The SMILES string of the molecule is N#CC1CCCC1Oc1cccc(F)c1. The largest absolute Gasteiger partial charge is 0.489 e. The number of nitriles is 1. The van der Waals surface area contributed by atoms with E-state index in [1.807, 2.05) is 0 Å². The zero-order valence-electron chi connectivity index (χ0n) is 8.32. The molecule has 78 valence electrons. The number of benzene rings is 1. The molecule has 1 fully saturated rings. The maximum absolute atomic E-state index is 12.9. The van der Waals surface area contributed by atoms with E-state index in [0.717, 1.165) is 19.3 Å². The molecular formula is C12H12FNO. The van der Waals surface area contributed by atoms with Gasteiger partial charge in [0.05, 0.1) is 12.0 Å². The van der Waals surface area contributed by atoms with Crippen LogP contribution < -0.4 is 4.74 Å². The second kappa shape index (κ2) is 4.31. The lowest BCUT2D eigenvalue weighted by Crippen LogP contribution is -2.20. The number of halogens is 1. The van der Waals surface area contributed by atoms with Crippen molar-refractivity contribution in [2.24, 2.45) is 5.92 Å². The van der Waals surface area contributed by atoms with Crippen LogP contribution in [0.4, 0.5) is 4.39 Å². The fraction of sp³-hybridized carbons (Fsp3) is 0.417. The molecule has 1 aromatic carbocycles. The summed E-state index contributed by atoms with van der Waals surface area (Å²) in [5.41, 5.74) is 0. The van der Waals surface area contributed by atoms with Gasteiger partial charge in [-0.25, -0.2) is 4.39 Å². The number of hydrogen-bond acceptors (Lipinski definition) is 2. The first-order chi connectivity index (χ1) is 7.29. The van der Waals surface area contributed by atoms with Gasteiger partial charge in [0.2, 0.25) is 0 Å². The van der Waals surface area contributed by atoms with Crippen molar-refractivity contribution >= 4 is 0 Å². The summed E-state index contributed by atoms with van der Waals surface area (Å²) < 4.78 is 18.5. The molecule has 2 nitrogen and oxygen atoms in total. The van der Waals surface area contributed by atoms with Gasteiger partial charge in [0.15, 0.2) is 0 Å². The highest BCUT2D eigenvalue weighted by Crippen LogP contribution is 2.29. The second-order valence-electron chi connectivity index (χ2n) is 3.78. The summed E-state index contributed by atoms with van der Waals surface area (Å²) in [5.74, 6) is 0.162. The van der Waals surface area contributed by atoms with Crippen LogP contribution in [0.25, 0.3) is 0 Å². The first-order valence-electron chi connectivity index (χ1n) is 5.11. The van der Waals surface area contributed by atoms with Gasteiger partial charge in [-0.15, -0.1) is 0 Å². The van der Waals surface area contributed by atoms with Crippen LogP contribution in [0.2, 0.25) is 0 Å². The Morgan fingerprint density at radius 3 is 3.00 bits per heavy atom. The summed E-state index contributed by atoms with van der Waals surface area (Å²) in [6, 6.07) is 8.29. The number of nitrogens with zero attached hydrogens (tertiary/aromatic N) is 1. The molecular weight excluding hydrogens is 193 g/mol. The summed E-state index contributed by atoms with van der Waals surface area (Å²) >= 11 is 0. The van der Waals surface area contributed by atoms with E-state index in [-0.39, 0.29) is 17.8 Å². The standard InChI is InChI=1S/C12H12FNO/c13-10-4-2-5-11(7-10)15-12-6-1-3-9(12)8-14/h2,4-5,7,9,12H,1,3,6H2. The van der Waals surface area contributed by atoms with Crippen LogP contribution in [0.15, 0.2) is 24.3 Å². The molecule has 1 aliphatic rings. The molecule has 0 radical (unpaired) electrons. The van der Waals surface area contributed by atoms with Crippen molar-refractivity contribution in [3.63, 3.8) is 0 Å². The third-order valence-electron chi connectivity index (χ3n) is 2.70. The fourth-order valence-electron chi connectivity index (χ4n) is 1.93. The van der Waals surface area contributed by atoms with Crippen molar-refractivity contribution in [1.29, 1.82) is 5.26 Å². The third kappa shape index (κ3) is 2.27. The lowest BCUT2D eigenvalue weighted by molar-refractivity contribution is 0.182. The quantitative estimate of drug-likeness (QED) is 0.743. The second-order valence-corrected chi connectivity index (χ2v) is 3.78. The summed E-state index contributed by atoms with van der Waals surface area (Å²) in [6.07, 6.45) is 2.71. The van der Waals surface area contributed by atoms with E-state index >= 15 is 0 Å². The highest BCUT2D eigenvalue weighted by molar-refractivity contribution is 5.23. The first-order valence-corrected chi connectivity index (χ1v) is 5.11. The molecule has 0 bridgehead atoms. The maximum Gasteiger partial charge on any atom is 0.126 e. The van der Waals surface area contributed by atoms with Crippen molar-refractivity contribution in [3.05, 3.63) is 30.1 Å². The predicted molar refractivity (Wildman–Crippen MR) is 53.8 cm³/mol. The molecule has 1 saturated carbocycles. The zero-order valence-corrected chi connectivity index (χ0v) is 8.32. The van der Waals surface area contributed by atoms with E-state index in [2.05, 4.69) is 6.07 Å². The first kappa shape index (κ1) is 9.97. The van der Waals surface area contributed by atoms with Crippen molar-refractivity contribution in [2.75, 3.05) is 0 Å². The van der Waals surface area contributed by atoms with E-state index in [1.165, 1.54) is 12.1 Å². The molecule has 0 amide bonds. The normalized spacial score (nSPS) is 24.8. The van der Waals surface area contributed by atoms with E-state index in [4.69, 9.17) is 10.00 Å². The molecule has 2 unspecified atom stereocenters. The van der Waals surface area contributed by atoms with Crippen molar-refractivity contribution < 1.29 is 9.13 Å². The Bertz CT molecular complexity index is 385. The highest BCUT2D eigenvalue weighted by atomic mass is 19.1. The Morgan fingerprint density at radius 2 is 2.27 bits per heavy atom. The molecule has 0 saturated heterocycles. The minimum Gasteiger partial charge on any atom is -0.489 e. The summed E-state index contributed by atoms with van der Waals surface area (Å²) in [6.45, 7) is 0. The summed E-state index contributed by atoms with van der Waals surface area (Å²) in [5, 5.41) is 8.86. The minimum atomic E-state index is -0.306. The number of rotatable bonds is 2. The third-order valence-corrected chi connectivity index (χ3v) is 2.70. The van der Waals surface area contributed by atoms with Crippen molar-refractivity contribution in [1.82, 2.24) is 0 Å². The molecule has 0 N–H and O–H groups in total. The average Bonchev–Trinajstić information content (AvgIpc) is 2.65. The average molecular weight is 205 g/mol. The lowest BCUT2D eigenvalue weighted by Gasteiger charge is -2.16. The molecule has 0 heterocycles. The Labute approximate surface area is 88.3 Å². The molecule has 1 aliphatic carbocycles. The summed E-state index contributed by atoms with van der Waals surface area (Å²) in [4.78, 5) is 0. The maximum atomic E-state index is 12.9. The van der Waals surface area contributed by atoms with Crippen molar-refractivity contribution in [2.45, 2.75) is 25.4 Å². The van der Waals surface area contributed by atoms with Crippen LogP contribution in [0.1, 0.15) is 19.3 Å². The number of ether oxygens (including phenoxy) is 1. The molecule has 1 aromatic rings. The molecule has 0 aliphatic heterocycles. The Hall–Kier alpha value is -1.56. The Kier molecular flexibility index (Phi) is 2.86. The Morgan fingerprint density at radius 1 is 1.40 bits per heavy atom. The molecule has 15 heavy (non-hydrogen) atoms. The summed E-state index contributed by atoms with van der Waals surface area (Å²) in [7, 11) is 0. The van der Waals surface area contributed by atoms with Gasteiger partial charge in [0.25, 0.3) is 0 Å². The molecule has 0 spiro atoms. The van der Waals surface area contributed by atoms with Gasteiger partial charge in [-0.3, -0.25) is 0 Å². The van der Waals surface area contributed by atoms with Gasteiger partial charge in [0.1, 0.15) is 17.7 Å². The minimum absolute atomic E-state index is 0.0479. The van der Waals surface area contributed by atoms with E-state index in [1.54, 1.807) is 12.1 Å². The monoisotopic (exact) mass is 205 g/mol. The van der Waals surface area contributed by atoms with Gasteiger partial charge in [-0.1, -0.05) is 6.07 Å². The van der Waals surface area contributed by atoms with E-state index < -0.39 is 0 Å². The highest BCUT2D eigenvalue weighted by Gasteiger charge is 2.28. The van der Waals surface area contributed by atoms with Gasteiger partial charge < -0.3 is 4.74 Å². The molecule has 2 rings (SSSR count). The topological polar surface area (TPSA) is 33.0 Å². The van der Waals surface area contributed by atoms with Gasteiger partial charge in [-0.05, 0) is 31.4 Å². The lowest BCUT2D eigenvalue weighted by atomic mass is 10.1. The predicted octanol–water partition coefficient (Wildman–Crippen LogP) is 2.90. The van der Waals surface area contributed by atoms with E-state index in [9.17, 15) is 4.39 Å². The molecule has 0 aromatic heterocycles. The van der Waals surface area contributed by atoms with Gasteiger partial charge in [-0.2, -0.15) is 5.26 Å². The van der Waals surface area contributed by atoms with Crippen LogP contribution >= 0.6 is 0 Å². The van der Waals surface area contributed by atoms with Crippen LogP contribution in [-0.2, 0) is 0 Å². The van der Waals surface area contributed by atoms with E-state index in [0.29, 0.717) is 5.75 Å². The van der Waals surface area contributed by atoms with Crippen LogP contribution in [0.3, 0.4) is 0 Å². The Balaban J connectivity index is 2.06. The van der Waals surface area contributed by atoms with Gasteiger partial charge in [0, 0.05) is 6.07 Å². The molecule has 3 heteroatoms. The number of hydrogen-bond donors (Lipinski definition) is 0. The van der Waals surface area contributed by atoms with Crippen LogP contribution in [0, 0.1) is 23.1 Å². The fourth-order valence-corrected chi connectivity index (χ4v) is 1.93. The van der Waals surface area contributed by atoms with Crippen molar-refractivity contribution in [3.8, 4) is 11.8 Å².